The Hall–Kier alpha value is -2.93. The molecule has 3 heterocycles. The first-order valence-electron chi connectivity index (χ1n) is 8.03. The quantitative estimate of drug-likeness (QED) is 0.786. The van der Waals surface area contributed by atoms with Gasteiger partial charge in [0.25, 0.3) is 5.56 Å². The third-order valence-electron chi connectivity index (χ3n) is 4.53. The zero-order valence-electron chi connectivity index (χ0n) is 14.0. The first-order chi connectivity index (χ1) is 12.1. The number of nitrogens with one attached hydrogen (secondary N) is 1. The molecule has 7 heteroatoms. The minimum atomic E-state index is -0.104. The van der Waals surface area contributed by atoms with Crippen molar-refractivity contribution in [2.75, 3.05) is 13.8 Å². The highest BCUT2D eigenvalue weighted by molar-refractivity contribution is 5.83. The average Bonchev–Trinajstić information content (AvgIpc) is 3.07. The molecule has 1 atom stereocenters. The molecule has 0 amide bonds. The highest BCUT2D eigenvalue weighted by Gasteiger charge is 2.17. The highest BCUT2D eigenvalue weighted by Crippen LogP contribution is 2.35. The number of ether oxygens (including phenoxy) is 2. The van der Waals surface area contributed by atoms with Crippen molar-refractivity contribution < 1.29 is 9.47 Å². The fourth-order valence-corrected chi connectivity index (χ4v) is 2.94. The van der Waals surface area contributed by atoms with E-state index < -0.39 is 0 Å². The second-order valence-corrected chi connectivity index (χ2v) is 6.14. The maximum Gasteiger partial charge on any atom is 0.252 e. The van der Waals surface area contributed by atoms with Crippen molar-refractivity contribution in [1.82, 2.24) is 19.9 Å². The van der Waals surface area contributed by atoms with Gasteiger partial charge in [-0.15, -0.1) is 0 Å². The molecule has 2 aromatic heterocycles. The predicted octanol–water partition coefficient (Wildman–Crippen LogP) is 2.24. The van der Waals surface area contributed by atoms with E-state index in [1.165, 1.54) is 6.33 Å². The molecule has 0 fully saturated rings. The molecular formula is C18H18N4O3. The SMILES string of the molecule is CC(c1ccncn1)N(C)Cc1cc2cc3c(cc2[nH]c1=O)OCO3. The maximum atomic E-state index is 12.4. The normalized spacial score (nSPS) is 14.2. The van der Waals surface area contributed by atoms with E-state index in [4.69, 9.17) is 9.47 Å². The fourth-order valence-electron chi connectivity index (χ4n) is 2.94. The molecule has 0 saturated heterocycles. The van der Waals surface area contributed by atoms with Crippen LogP contribution < -0.4 is 15.0 Å². The van der Waals surface area contributed by atoms with E-state index in [9.17, 15) is 4.79 Å². The number of H-pyrrole nitrogens is 1. The number of benzene rings is 1. The van der Waals surface area contributed by atoms with Crippen LogP contribution in [0.4, 0.5) is 0 Å². The van der Waals surface area contributed by atoms with Gasteiger partial charge in [-0.25, -0.2) is 9.97 Å². The molecule has 25 heavy (non-hydrogen) atoms. The highest BCUT2D eigenvalue weighted by atomic mass is 16.7. The number of pyridine rings is 1. The Morgan fingerprint density at radius 1 is 1.28 bits per heavy atom. The molecule has 3 aromatic rings. The van der Waals surface area contributed by atoms with Crippen molar-refractivity contribution in [2.45, 2.75) is 19.5 Å². The standard InChI is InChI=1S/C18H18N4O3/c1-11(14-3-4-19-9-20-14)22(2)8-13-5-12-6-16-17(25-10-24-16)7-15(12)21-18(13)23/h3-7,9,11H,8,10H2,1-2H3,(H,21,23). The zero-order valence-corrected chi connectivity index (χ0v) is 14.0. The van der Waals surface area contributed by atoms with Crippen LogP contribution in [-0.4, -0.2) is 33.7 Å². The summed E-state index contributed by atoms with van der Waals surface area (Å²) in [5.41, 5.74) is 2.24. The smallest absolute Gasteiger partial charge is 0.252 e. The summed E-state index contributed by atoms with van der Waals surface area (Å²) in [5, 5.41) is 0.918. The minimum absolute atomic E-state index is 0.0647. The largest absolute Gasteiger partial charge is 0.454 e. The van der Waals surface area contributed by atoms with Gasteiger partial charge in [-0.3, -0.25) is 9.69 Å². The average molecular weight is 338 g/mol. The fraction of sp³-hybridized carbons (Fsp3) is 0.278. The lowest BCUT2D eigenvalue weighted by Crippen LogP contribution is -2.26. The van der Waals surface area contributed by atoms with Gasteiger partial charge in [0.15, 0.2) is 11.5 Å². The van der Waals surface area contributed by atoms with Gasteiger partial charge in [-0.2, -0.15) is 0 Å². The monoisotopic (exact) mass is 338 g/mol. The van der Waals surface area contributed by atoms with Crippen molar-refractivity contribution >= 4 is 10.9 Å². The summed E-state index contributed by atoms with van der Waals surface area (Å²) in [6.07, 6.45) is 3.25. The van der Waals surface area contributed by atoms with E-state index in [1.807, 2.05) is 25.2 Å². The second kappa shape index (κ2) is 6.18. The van der Waals surface area contributed by atoms with Gasteiger partial charge < -0.3 is 14.5 Å². The van der Waals surface area contributed by atoms with Crippen molar-refractivity contribution in [3.8, 4) is 11.5 Å². The first kappa shape index (κ1) is 15.6. The number of rotatable bonds is 4. The summed E-state index contributed by atoms with van der Waals surface area (Å²) in [6, 6.07) is 7.54. The summed E-state index contributed by atoms with van der Waals surface area (Å²) < 4.78 is 10.8. The Morgan fingerprint density at radius 3 is 2.84 bits per heavy atom. The summed E-state index contributed by atoms with van der Waals surface area (Å²) in [6.45, 7) is 2.77. The summed E-state index contributed by atoms with van der Waals surface area (Å²) in [5.74, 6) is 1.36. The van der Waals surface area contributed by atoms with Crippen LogP contribution >= 0.6 is 0 Å². The molecule has 7 nitrogen and oxygen atoms in total. The van der Waals surface area contributed by atoms with E-state index >= 15 is 0 Å². The number of nitrogens with zero attached hydrogens (tertiary/aromatic N) is 3. The van der Waals surface area contributed by atoms with E-state index in [0.717, 1.165) is 16.6 Å². The van der Waals surface area contributed by atoms with Crippen LogP contribution in [0.5, 0.6) is 11.5 Å². The number of aromatic amines is 1. The first-order valence-corrected chi connectivity index (χ1v) is 8.03. The van der Waals surface area contributed by atoms with E-state index in [2.05, 4.69) is 26.8 Å². The third kappa shape index (κ3) is 2.94. The lowest BCUT2D eigenvalue weighted by molar-refractivity contribution is 0.174. The van der Waals surface area contributed by atoms with Crippen LogP contribution in [0.1, 0.15) is 24.2 Å². The van der Waals surface area contributed by atoms with Gasteiger partial charge in [-0.1, -0.05) is 0 Å². The summed E-state index contributed by atoms with van der Waals surface area (Å²) in [7, 11) is 1.97. The third-order valence-corrected chi connectivity index (χ3v) is 4.53. The number of hydrogen-bond acceptors (Lipinski definition) is 6. The minimum Gasteiger partial charge on any atom is -0.454 e. The van der Waals surface area contributed by atoms with Crippen LogP contribution in [0.2, 0.25) is 0 Å². The molecule has 1 N–H and O–H groups in total. The van der Waals surface area contributed by atoms with Gasteiger partial charge in [0.05, 0.1) is 11.2 Å². The number of fused-ring (bicyclic) bond motifs is 2. The molecular weight excluding hydrogens is 320 g/mol. The predicted molar refractivity (Wildman–Crippen MR) is 92.6 cm³/mol. The van der Waals surface area contributed by atoms with Crippen LogP contribution in [-0.2, 0) is 6.54 Å². The molecule has 0 bridgehead atoms. The van der Waals surface area contributed by atoms with Crippen molar-refractivity contribution in [2.24, 2.45) is 0 Å². The Morgan fingerprint density at radius 2 is 2.08 bits per heavy atom. The molecule has 1 aromatic carbocycles. The summed E-state index contributed by atoms with van der Waals surface area (Å²) >= 11 is 0. The molecule has 1 unspecified atom stereocenters. The van der Waals surface area contributed by atoms with Crippen molar-refractivity contribution in [1.29, 1.82) is 0 Å². The van der Waals surface area contributed by atoms with Gasteiger partial charge in [-0.05, 0) is 32.2 Å². The molecule has 1 aliphatic heterocycles. The van der Waals surface area contributed by atoms with Gasteiger partial charge in [0.2, 0.25) is 6.79 Å². The molecule has 0 aliphatic carbocycles. The van der Waals surface area contributed by atoms with Crippen molar-refractivity contribution in [3.05, 3.63) is 58.4 Å². The molecule has 0 saturated carbocycles. The zero-order chi connectivity index (χ0) is 17.4. The van der Waals surface area contributed by atoms with Crippen LogP contribution in [0.25, 0.3) is 10.9 Å². The van der Waals surface area contributed by atoms with E-state index in [0.29, 0.717) is 23.6 Å². The van der Waals surface area contributed by atoms with Crippen LogP contribution in [0.15, 0.2) is 41.6 Å². The topological polar surface area (TPSA) is 80.3 Å². The Kier molecular flexibility index (Phi) is 3.85. The molecule has 0 spiro atoms. The lowest BCUT2D eigenvalue weighted by atomic mass is 10.1. The molecule has 0 radical (unpaired) electrons. The summed E-state index contributed by atoms with van der Waals surface area (Å²) in [4.78, 5) is 25.7. The van der Waals surface area contributed by atoms with Gasteiger partial charge in [0, 0.05) is 35.8 Å². The van der Waals surface area contributed by atoms with Gasteiger partial charge >= 0.3 is 0 Å². The van der Waals surface area contributed by atoms with Crippen LogP contribution in [0, 0.1) is 0 Å². The van der Waals surface area contributed by atoms with Gasteiger partial charge in [0.1, 0.15) is 6.33 Å². The Bertz CT molecular complexity index is 971. The Labute approximate surface area is 144 Å². The molecule has 128 valence electrons. The van der Waals surface area contributed by atoms with E-state index in [1.54, 1.807) is 12.3 Å². The Balaban J connectivity index is 1.64. The lowest BCUT2D eigenvalue weighted by Gasteiger charge is -2.23. The second-order valence-electron chi connectivity index (χ2n) is 6.14. The van der Waals surface area contributed by atoms with Crippen LogP contribution in [0.3, 0.4) is 0 Å². The molecule has 4 rings (SSSR count). The maximum absolute atomic E-state index is 12.4. The molecule has 1 aliphatic rings. The number of hydrogen-bond donors (Lipinski definition) is 1. The van der Waals surface area contributed by atoms with E-state index in [-0.39, 0.29) is 18.4 Å². The number of aromatic nitrogens is 3. The van der Waals surface area contributed by atoms with Crippen molar-refractivity contribution in [3.63, 3.8) is 0 Å².